The van der Waals surface area contributed by atoms with Gasteiger partial charge in [0.2, 0.25) is 0 Å². The lowest BCUT2D eigenvalue weighted by molar-refractivity contribution is 0.476. The van der Waals surface area contributed by atoms with Gasteiger partial charge in [0.05, 0.1) is 5.69 Å². The van der Waals surface area contributed by atoms with Crippen molar-refractivity contribution in [2.45, 2.75) is 44.4 Å². The van der Waals surface area contributed by atoms with Crippen LogP contribution < -0.4 is 9.80 Å². The van der Waals surface area contributed by atoms with Crippen molar-refractivity contribution in [2.24, 2.45) is 0 Å². The molecule has 2 aliphatic rings. The van der Waals surface area contributed by atoms with Crippen LogP contribution in [0.25, 0.3) is 5.65 Å². The number of hydrogen-bond acceptors (Lipinski definition) is 7. The average molecular weight is 384 g/mol. The second-order valence-corrected chi connectivity index (χ2v) is 8.81. The predicted octanol–water partition coefficient (Wildman–Crippen LogP) is 2.91. The molecule has 3 aromatic rings. The molecule has 5 rings (SSSR count). The van der Waals surface area contributed by atoms with Crippen molar-refractivity contribution in [3.8, 4) is 0 Å². The smallest absolute Gasteiger partial charge is 0.185 e. The second-order valence-electron chi connectivity index (χ2n) is 7.75. The Hall–Kier alpha value is -2.22. The van der Waals surface area contributed by atoms with E-state index < -0.39 is 0 Å². The molecule has 0 unspecified atom stereocenters. The Morgan fingerprint density at radius 3 is 2.67 bits per heavy atom. The fourth-order valence-electron chi connectivity index (χ4n) is 4.09. The maximum atomic E-state index is 4.94. The van der Waals surface area contributed by atoms with Crippen LogP contribution in [0, 0.1) is 0 Å². The lowest BCUT2D eigenvalue weighted by Crippen LogP contribution is -2.33. The van der Waals surface area contributed by atoms with Crippen LogP contribution in [-0.2, 0) is 12.8 Å². The van der Waals surface area contributed by atoms with Gasteiger partial charge in [0.1, 0.15) is 5.82 Å². The van der Waals surface area contributed by atoms with Crippen LogP contribution in [0.3, 0.4) is 0 Å². The lowest BCUT2D eigenvalue weighted by atomic mass is 9.96. The zero-order valence-corrected chi connectivity index (χ0v) is 16.7. The van der Waals surface area contributed by atoms with Crippen molar-refractivity contribution in [2.75, 3.05) is 37.0 Å². The lowest BCUT2D eigenvalue weighted by Gasteiger charge is -2.30. The highest BCUT2D eigenvalue weighted by Gasteiger charge is 2.27. The Morgan fingerprint density at radius 2 is 1.89 bits per heavy atom. The molecule has 142 valence electrons. The molecule has 8 heteroatoms. The highest BCUT2D eigenvalue weighted by molar-refractivity contribution is 7.15. The molecule has 1 fully saturated rings. The maximum Gasteiger partial charge on any atom is 0.185 e. The van der Waals surface area contributed by atoms with E-state index in [-0.39, 0.29) is 0 Å². The first-order chi connectivity index (χ1) is 13.2. The summed E-state index contributed by atoms with van der Waals surface area (Å²) in [6.45, 7) is 2.05. The normalized spacial score (nSPS) is 18.1. The summed E-state index contributed by atoms with van der Waals surface area (Å²) in [6.07, 6.45) is 7.12. The van der Waals surface area contributed by atoms with Crippen LogP contribution in [0.2, 0.25) is 0 Å². The van der Waals surface area contributed by atoms with Crippen molar-refractivity contribution in [3.05, 3.63) is 28.5 Å². The minimum absolute atomic E-state index is 0.399. The molecule has 3 aromatic heterocycles. The largest absolute Gasteiger partial charge is 0.361 e. The fraction of sp³-hybridized carbons (Fsp3) is 0.579. The minimum atomic E-state index is 0.399. The summed E-state index contributed by atoms with van der Waals surface area (Å²) in [7, 11) is 4.01. The summed E-state index contributed by atoms with van der Waals surface area (Å²) < 4.78 is 1.93. The highest BCUT2D eigenvalue weighted by atomic mass is 32.1. The Labute approximate surface area is 163 Å². The molecule has 1 aliphatic carbocycles. The van der Waals surface area contributed by atoms with Gasteiger partial charge in [0.25, 0.3) is 0 Å². The molecule has 1 aliphatic heterocycles. The van der Waals surface area contributed by atoms with E-state index >= 15 is 0 Å². The van der Waals surface area contributed by atoms with Crippen LogP contribution in [0.4, 0.5) is 10.9 Å². The van der Waals surface area contributed by atoms with Crippen molar-refractivity contribution >= 4 is 27.9 Å². The number of fused-ring (bicyclic) bond motifs is 2. The average Bonchev–Trinajstić information content (AvgIpc) is 3.31. The van der Waals surface area contributed by atoms with Crippen molar-refractivity contribution in [1.82, 2.24) is 24.8 Å². The zero-order valence-electron chi connectivity index (χ0n) is 15.9. The first-order valence-electron chi connectivity index (χ1n) is 9.82. The number of hydrogen-bond donors (Lipinski definition) is 0. The molecule has 0 bridgehead atoms. The molecular formula is C19H25N7S. The Kier molecular flexibility index (Phi) is 4.22. The van der Waals surface area contributed by atoms with Gasteiger partial charge in [-0.15, -0.1) is 26.6 Å². The van der Waals surface area contributed by atoms with E-state index in [2.05, 4.69) is 15.1 Å². The van der Waals surface area contributed by atoms with Crippen molar-refractivity contribution in [3.63, 3.8) is 0 Å². The number of anilines is 2. The van der Waals surface area contributed by atoms with Crippen molar-refractivity contribution in [1.29, 1.82) is 0 Å². The van der Waals surface area contributed by atoms with E-state index in [1.807, 2.05) is 47.0 Å². The van der Waals surface area contributed by atoms with Gasteiger partial charge in [-0.1, -0.05) is 0 Å². The second kappa shape index (κ2) is 6.74. The Bertz CT molecular complexity index is 929. The quantitative estimate of drug-likeness (QED) is 0.693. The molecule has 0 aromatic carbocycles. The molecule has 0 radical (unpaired) electrons. The number of aryl methyl sites for hydroxylation is 2. The summed E-state index contributed by atoms with van der Waals surface area (Å²) in [5.41, 5.74) is 2.18. The third kappa shape index (κ3) is 3.05. The number of rotatable bonds is 3. The summed E-state index contributed by atoms with van der Waals surface area (Å²) in [5.74, 6) is 2.32. The van der Waals surface area contributed by atoms with Crippen LogP contribution in [0.15, 0.2) is 12.1 Å². The van der Waals surface area contributed by atoms with Gasteiger partial charge in [-0.3, -0.25) is 0 Å². The van der Waals surface area contributed by atoms with E-state index in [4.69, 9.17) is 10.1 Å². The molecule has 1 saturated heterocycles. The van der Waals surface area contributed by atoms with Gasteiger partial charge < -0.3 is 9.80 Å². The summed E-state index contributed by atoms with van der Waals surface area (Å²) >= 11 is 1.91. The van der Waals surface area contributed by atoms with E-state index in [9.17, 15) is 0 Å². The number of nitrogens with zero attached hydrogens (tertiary/aromatic N) is 7. The maximum absolute atomic E-state index is 4.94. The molecule has 27 heavy (non-hydrogen) atoms. The monoisotopic (exact) mass is 383 g/mol. The molecule has 0 saturated carbocycles. The van der Waals surface area contributed by atoms with E-state index in [1.165, 1.54) is 35.0 Å². The van der Waals surface area contributed by atoms with Gasteiger partial charge in [0.15, 0.2) is 16.6 Å². The van der Waals surface area contributed by atoms with Gasteiger partial charge in [-0.05, 0) is 50.7 Å². The van der Waals surface area contributed by atoms with E-state index in [1.54, 1.807) is 0 Å². The van der Waals surface area contributed by atoms with Gasteiger partial charge >= 0.3 is 0 Å². The van der Waals surface area contributed by atoms with Crippen LogP contribution in [0.1, 0.15) is 48.0 Å². The molecule has 0 spiro atoms. The van der Waals surface area contributed by atoms with Crippen molar-refractivity contribution < 1.29 is 0 Å². The molecule has 0 amide bonds. The van der Waals surface area contributed by atoms with E-state index in [0.717, 1.165) is 49.6 Å². The fourth-order valence-corrected chi connectivity index (χ4v) is 5.29. The van der Waals surface area contributed by atoms with Crippen LogP contribution in [-0.4, -0.2) is 52.0 Å². The molecule has 7 nitrogen and oxygen atoms in total. The van der Waals surface area contributed by atoms with Gasteiger partial charge in [-0.2, -0.15) is 4.52 Å². The molecular weight excluding hydrogens is 358 g/mol. The minimum Gasteiger partial charge on any atom is -0.361 e. The summed E-state index contributed by atoms with van der Waals surface area (Å²) in [6, 6.07) is 3.98. The number of aromatic nitrogens is 5. The SMILES string of the molecule is CN(C)c1ccc2nnc(C3CCN(c4nc5c(s4)CCCC5)CC3)n2n1. The first kappa shape index (κ1) is 16.9. The number of thiazole rings is 1. The van der Waals surface area contributed by atoms with E-state index in [0.29, 0.717) is 5.92 Å². The highest BCUT2D eigenvalue weighted by Crippen LogP contribution is 2.35. The number of piperidine rings is 1. The summed E-state index contributed by atoms with van der Waals surface area (Å²) in [5, 5.41) is 14.7. The Morgan fingerprint density at radius 1 is 1.07 bits per heavy atom. The summed E-state index contributed by atoms with van der Waals surface area (Å²) in [4.78, 5) is 10.9. The zero-order chi connectivity index (χ0) is 18.4. The third-order valence-electron chi connectivity index (χ3n) is 5.70. The topological polar surface area (TPSA) is 62.5 Å². The molecule has 4 heterocycles. The van der Waals surface area contributed by atoms with Gasteiger partial charge in [-0.25, -0.2) is 4.98 Å². The van der Waals surface area contributed by atoms with Crippen LogP contribution >= 0.6 is 11.3 Å². The predicted molar refractivity (Wildman–Crippen MR) is 108 cm³/mol. The standard InChI is InChI=1S/C19H25N7S/c1-24(2)17-8-7-16-21-22-18(26(16)23-17)13-9-11-25(12-10-13)19-20-14-5-3-4-6-15(14)27-19/h7-8,13H,3-6,9-12H2,1-2H3. The third-order valence-corrected chi connectivity index (χ3v) is 6.91. The molecule has 0 atom stereocenters. The first-order valence-corrected chi connectivity index (χ1v) is 10.6. The van der Waals surface area contributed by atoms with Gasteiger partial charge in [0, 0.05) is 38.0 Å². The Balaban J connectivity index is 1.34. The molecule has 0 N–H and O–H groups in total. The van der Waals surface area contributed by atoms with Crippen LogP contribution in [0.5, 0.6) is 0 Å².